The van der Waals surface area contributed by atoms with Crippen molar-refractivity contribution in [1.82, 2.24) is 5.32 Å². The van der Waals surface area contributed by atoms with Crippen molar-refractivity contribution < 1.29 is 5.11 Å². The summed E-state index contributed by atoms with van der Waals surface area (Å²) in [5.74, 6) is 0. The predicted octanol–water partition coefficient (Wildman–Crippen LogP) is 2.38. The van der Waals surface area contributed by atoms with E-state index in [0.717, 1.165) is 19.4 Å². The number of hydrogen-bond donors (Lipinski definition) is 2. The Balaban J connectivity index is 1.63. The summed E-state index contributed by atoms with van der Waals surface area (Å²) in [5, 5.41) is 13.1. The van der Waals surface area contributed by atoms with Crippen molar-refractivity contribution in [3.8, 4) is 0 Å². The first-order chi connectivity index (χ1) is 7.36. The molecule has 1 saturated carbocycles. The van der Waals surface area contributed by atoms with Crippen molar-refractivity contribution in [2.45, 2.75) is 63.5 Å². The molecule has 0 aliphatic heterocycles. The summed E-state index contributed by atoms with van der Waals surface area (Å²) >= 11 is 0. The molecule has 2 rings (SSSR count). The van der Waals surface area contributed by atoms with Gasteiger partial charge in [-0.25, -0.2) is 0 Å². The van der Waals surface area contributed by atoms with Gasteiger partial charge in [-0.05, 0) is 57.9 Å². The number of allylic oxidation sites excluding steroid dienone is 1. The van der Waals surface area contributed by atoms with Gasteiger partial charge in [0.25, 0.3) is 0 Å². The van der Waals surface area contributed by atoms with Gasteiger partial charge < -0.3 is 10.4 Å². The quantitative estimate of drug-likeness (QED) is 0.697. The fourth-order valence-electron chi connectivity index (χ4n) is 2.73. The highest BCUT2D eigenvalue weighted by atomic mass is 16.3. The van der Waals surface area contributed by atoms with Crippen molar-refractivity contribution in [2.24, 2.45) is 0 Å². The molecule has 0 aromatic heterocycles. The van der Waals surface area contributed by atoms with E-state index in [-0.39, 0.29) is 6.10 Å². The fraction of sp³-hybridized carbons (Fsp3) is 0.846. The standard InChI is InChI=1S/C13H23NO/c15-13-8-4-7-12(13)14-10-9-11-5-2-1-3-6-11/h5,12-15H,1-4,6-10H2/t12-,13-/m0/s1. The summed E-state index contributed by atoms with van der Waals surface area (Å²) in [4.78, 5) is 0. The molecule has 0 heterocycles. The normalized spacial score (nSPS) is 31.7. The fourth-order valence-corrected chi connectivity index (χ4v) is 2.73. The maximum absolute atomic E-state index is 9.65. The molecule has 2 aliphatic rings. The summed E-state index contributed by atoms with van der Waals surface area (Å²) in [6, 6.07) is 0.370. The zero-order valence-electron chi connectivity index (χ0n) is 9.54. The van der Waals surface area contributed by atoms with Gasteiger partial charge in [-0.1, -0.05) is 11.6 Å². The van der Waals surface area contributed by atoms with Crippen LogP contribution in [0.2, 0.25) is 0 Å². The molecule has 2 nitrogen and oxygen atoms in total. The Morgan fingerprint density at radius 3 is 2.87 bits per heavy atom. The lowest BCUT2D eigenvalue weighted by atomic mass is 9.97. The van der Waals surface area contributed by atoms with E-state index in [1.807, 2.05) is 0 Å². The molecule has 0 amide bonds. The second-order valence-corrected chi connectivity index (χ2v) is 4.92. The Morgan fingerprint density at radius 2 is 2.20 bits per heavy atom. The second kappa shape index (κ2) is 5.66. The third-order valence-corrected chi connectivity index (χ3v) is 3.72. The van der Waals surface area contributed by atoms with Crippen molar-refractivity contribution >= 4 is 0 Å². The van der Waals surface area contributed by atoms with E-state index in [0.29, 0.717) is 6.04 Å². The maximum atomic E-state index is 9.65. The van der Waals surface area contributed by atoms with Crippen LogP contribution in [0.4, 0.5) is 0 Å². The van der Waals surface area contributed by atoms with E-state index >= 15 is 0 Å². The van der Waals surface area contributed by atoms with Crippen LogP contribution < -0.4 is 5.32 Å². The molecule has 2 aliphatic carbocycles. The van der Waals surface area contributed by atoms with Gasteiger partial charge in [-0.3, -0.25) is 0 Å². The SMILES string of the molecule is O[C@H]1CCC[C@@H]1NCCC1=CCCCC1. The van der Waals surface area contributed by atoms with Crippen molar-refractivity contribution in [3.63, 3.8) is 0 Å². The van der Waals surface area contributed by atoms with Gasteiger partial charge in [-0.15, -0.1) is 0 Å². The van der Waals surface area contributed by atoms with E-state index in [4.69, 9.17) is 0 Å². The summed E-state index contributed by atoms with van der Waals surface area (Å²) in [6.07, 6.45) is 12.2. The van der Waals surface area contributed by atoms with Crippen molar-refractivity contribution in [2.75, 3.05) is 6.54 Å². The molecular weight excluding hydrogens is 186 g/mol. The molecule has 1 fully saturated rings. The van der Waals surface area contributed by atoms with Gasteiger partial charge >= 0.3 is 0 Å². The molecule has 0 radical (unpaired) electrons. The van der Waals surface area contributed by atoms with Crippen LogP contribution in [0.3, 0.4) is 0 Å². The van der Waals surface area contributed by atoms with Crippen LogP contribution in [0.15, 0.2) is 11.6 Å². The first-order valence-electron chi connectivity index (χ1n) is 6.45. The van der Waals surface area contributed by atoms with Crippen LogP contribution in [-0.4, -0.2) is 23.8 Å². The molecule has 15 heavy (non-hydrogen) atoms. The average molecular weight is 209 g/mol. The minimum atomic E-state index is -0.0923. The number of aliphatic hydroxyl groups excluding tert-OH is 1. The van der Waals surface area contributed by atoms with Gasteiger partial charge in [0.05, 0.1) is 6.10 Å². The Bertz CT molecular complexity index is 225. The number of hydrogen-bond acceptors (Lipinski definition) is 2. The lowest BCUT2D eigenvalue weighted by Crippen LogP contribution is -2.36. The number of rotatable bonds is 4. The summed E-state index contributed by atoms with van der Waals surface area (Å²) in [7, 11) is 0. The summed E-state index contributed by atoms with van der Waals surface area (Å²) in [6.45, 7) is 1.05. The van der Waals surface area contributed by atoms with E-state index in [1.54, 1.807) is 5.57 Å². The molecule has 2 atom stereocenters. The lowest BCUT2D eigenvalue weighted by molar-refractivity contribution is 0.149. The van der Waals surface area contributed by atoms with Crippen LogP contribution in [-0.2, 0) is 0 Å². The van der Waals surface area contributed by atoms with Gasteiger partial charge in [0.1, 0.15) is 0 Å². The summed E-state index contributed by atoms with van der Waals surface area (Å²) in [5.41, 5.74) is 1.63. The largest absolute Gasteiger partial charge is 0.392 e. The average Bonchev–Trinajstić information content (AvgIpc) is 2.66. The second-order valence-electron chi connectivity index (χ2n) is 4.92. The van der Waals surface area contributed by atoms with E-state index in [2.05, 4.69) is 11.4 Å². The highest BCUT2D eigenvalue weighted by Crippen LogP contribution is 2.21. The Hall–Kier alpha value is -0.340. The number of aliphatic hydroxyl groups is 1. The van der Waals surface area contributed by atoms with Gasteiger partial charge in [-0.2, -0.15) is 0 Å². The van der Waals surface area contributed by atoms with Crippen LogP contribution in [0, 0.1) is 0 Å². The Labute approximate surface area is 92.8 Å². The Kier molecular flexibility index (Phi) is 4.21. The van der Waals surface area contributed by atoms with E-state index < -0.39 is 0 Å². The molecule has 0 aromatic carbocycles. The molecule has 2 N–H and O–H groups in total. The molecule has 0 aromatic rings. The molecule has 0 bridgehead atoms. The highest BCUT2D eigenvalue weighted by molar-refractivity contribution is 5.05. The smallest absolute Gasteiger partial charge is 0.0693 e. The summed E-state index contributed by atoms with van der Waals surface area (Å²) < 4.78 is 0. The topological polar surface area (TPSA) is 32.3 Å². The minimum Gasteiger partial charge on any atom is -0.392 e. The first kappa shape index (κ1) is 11.2. The number of nitrogens with one attached hydrogen (secondary N) is 1. The lowest BCUT2D eigenvalue weighted by Gasteiger charge is -2.18. The minimum absolute atomic E-state index is 0.0923. The van der Waals surface area contributed by atoms with E-state index in [9.17, 15) is 5.11 Å². The van der Waals surface area contributed by atoms with Crippen molar-refractivity contribution in [1.29, 1.82) is 0 Å². The third-order valence-electron chi connectivity index (χ3n) is 3.72. The van der Waals surface area contributed by atoms with Gasteiger partial charge in [0.2, 0.25) is 0 Å². The Morgan fingerprint density at radius 1 is 1.27 bits per heavy atom. The van der Waals surface area contributed by atoms with Crippen LogP contribution in [0.25, 0.3) is 0 Å². The molecule has 2 heteroatoms. The highest BCUT2D eigenvalue weighted by Gasteiger charge is 2.24. The van der Waals surface area contributed by atoms with Crippen LogP contribution in [0.5, 0.6) is 0 Å². The zero-order chi connectivity index (χ0) is 10.5. The molecule has 0 unspecified atom stereocenters. The molecule has 0 spiro atoms. The molecule has 0 saturated heterocycles. The van der Waals surface area contributed by atoms with E-state index in [1.165, 1.54) is 38.5 Å². The zero-order valence-corrected chi connectivity index (χ0v) is 9.54. The maximum Gasteiger partial charge on any atom is 0.0693 e. The van der Waals surface area contributed by atoms with Gasteiger partial charge in [0, 0.05) is 6.04 Å². The van der Waals surface area contributed by atoms with Crippen molar-refractivity contribution in [3.05, 3.63) is 11.6 Å². The monoisotopic (exact) mass is 209 g/mol. The third kappa shape index (κ3) is 3.32. The predicted molar refractivity (Wildman–Crippen MR) is 62.8 cm³/mol. The van der Waals surface area contributed by atoms with Gasteiger partial charge in [0.15, 0.2) is 0 Å². The van der Waals surface area contributed by atoms with Crippen LogP contribution in [0.1, 0.15) is 51.4 Å². The molecular formula is C13H23NO. The first-order valence-corrected chi connectivity index (χ1v) is 6.45. The van der Waals surface area contributed by atoms with Crippen LogP contribution >= 0.6 is 0 Å². The molecule has 86 valence electrons.